The van der Waals surface area contributed by atoms with Gasteiger partial charge in [0.1, 0.15) is 0 Å². The highest BCUT2D eigenvalue weighted by Gasteiger charge is 2.48. The molecule has 124 valence electrons. The number of aryl methyl sites for hydroxylation is 1. The van der Waals surface area contributed by atoms with Gasteiger partial charge in [0.05, 0.1) is 5.41 Å². The molecule has 4 nitrogen and oxygen atoms in total. The molecule has 1 aromatic carbocycles. The lowest BCUT2D eigenvalue weighted by Gasteiger charge is -2.39. The molecule has 0 radical (unpaired) electrons. The molecule has 1 spiro atoms. The van der Waals surface area contributed by atoms with Gasteiger partial charge in [0.25, 0.3) is 0 Å². The van der Waals surface area contributed by atoms with Gasteiger partial charge in [-0.3, -0.25) is 9.59 Å². The molecule has 0 N–H and O–H groups in total. The minimum atomic E-state index is -0.295. The Morgan fingerprint density at radius 1 is 1.17 bits per heavy atom. The molecular weight excluding hydrogens is 288 g/mol. The van der Waals surface area contributed by atoms with Crippen molar-refractivity contribution in [1.82, 2.24) is 9.80 Å². The van der Waals surface area contributed by atoms with Crippen LogP contribution in [0.1, 0.15) is 38.2 Å². The van der Waals surface area contributed by atoms with Crippen LogP contribution in [-0.2, 0) is 16.0 Å². The van der Waals surface area contributed by atoms with E-state index in [4.69, 9.17) is 0 Å². The van der Waals surface area contributed by atoms with Crippen LogP contribution in [0.4, 0.5) is 0 Å². The van der Waals surface area contributed by atoms with Crippen LogP contribution in [0, 0.1) is 5.41 Å². The highest BCUT2D eigenvalue weighted by Crippen LogP contribution is 2.40. The number of benzene rings is 1. The monoisotopic (exact) mass is 314 g/mol. The van der Waals surface area contributed by atoms with Crippen molar-refractivity contribution in [3.63, 3.8) is 0 Å². The number of hydrogen-bond donors (Lipinski definition) is 0. The number of carbonyl (C=O) groups excluding carboxylic acids is 2. The number of piperidine rings is 1. The molecule has 4 heteroatoms. The summed E-state index contributed by atoms with van der Waals surface area (Å²) in [6.45, 7) is 4.66. The number of nitrogens with zero attached hydrogens (tertiary/aromatic N) is 2. The van der Waals surface area contributed by atoms with E-state index in [2.05, 4.69) is 24.3 Å². The molecule has 1 atom stereocenters. The molecule has 0 aromatic heterocycles. The average molecular weight is 314 g/mol. The number of hydrogen-bond acceptors (Lipinski definition) is 2. The van der Waals surface area contributed by atoms with Gasteiger partial charge in [0.2, 0.25) is 11.8 Å². The quantitative estimate of drug-likeness (QED) is 0.856. The molecule has 1 unspecified atom stereocenters. The van der Waals surface area contributed by atoms with Gasteiger partial charge in [-0.05, 0) is 37.7 Å². The summed E-state index contributed by atoms with van der Waals surface area (Å²) in [5.74, 6) is 0.372. The molecule has 23 heavy (non-hydrogen) atoms. The maximum atomic E-state index is 12.9. The van der Waals surface area contributed by atoms with Crippen molar-refractivity contribution in [3.8, 4) is 0 Å². The van der Waals surface area contributed by atoms with Crippen molar-refractivity contribution >= 4 is 11.8 Å². The van der Waals surface area contributed by atoms with Gasteiger partial charge in [0.15, 0.2) is 0 Å². The Morgan fingerprint density at radius 2 is 1.96 bits per heavy atom. The molecule has 2 fully saturated rings. The Labute approximate surface area is 138 Å². The number of carbonyl (C=O) groups is 2. The molecule has 2 aliphatic rings. The van der Waals surface area contributed by atoms with E-state index in [1.54, 1.807) is 6.92 Å². The summed E-state index contributed by atoms with van der Waals surface area (Å²) >= 11 is 0. The zero-order valence-electron chi connectivity index (χ0n) is 14.0. The Morgan fingerprint density at radius 3 is 2.65 bits per heavy atom. The number of likely N-dealkylation sites (tertiary alicyclic amines) is 2. The molecule has 0 aliphatic carbocycles. The predicted octanol–water partition coefficient (Wildman–Crippen LogP) is 2.48. The molecule has 0 saturated carbocycles. The first-order valence-corrected chi connectivity index (χ1v) is 8.70. The highest BCUT2D eigenvalue weighted by atomic mass is 16.2. The van der Waals surface area contributed by atoms with Gasteiger partial charge in [-0.15, -0.1) is 0 Å². The van der Waals surface area contributed by atoms with E-state index in [0.717, 1.165) is 51.7 Å². The lowest BCUT2D eigenvalue weighted by molar-refractivity contribution is -0.146. The molecule has 1 aromatic rings. The molecule has 2 saturated heterocycles. The van der Waals surface area contributed by atoms with Crippen LogP contribution >= 0.6 is 0 Å². The summed E-state index contributed by atoms with van der Waals surface area (Å²) < 4.78 is 0. The van der Waals surface area contributed by atoms with Crippen LogP contribution in [0.2, 0.25) is 0 Å². The van der Waals surface area contributed by atoms with Crippen molar-refractivity contribution in [2.45, 2.75) is 39.0 Å². The van der Waals surface area contributed by atoms with Crippen molar-refractivity contribution < 1.29 is 9.59 Å². The fourth-order valence-corrected chi connectivity index (χ4v) is 4.00. The van der Waals surface area contributed by atoms with Crippen molar-refractivity contribution in [1.29, 1.82) is 0 Å². The first-order chi connectivity index (χ1) is 11.1. The van der Waals surface area contributed by atoms with Crippen LogP contribution < -0.4 is 0 Å². The van der Waals surface area contributed by atoms with Crippen molar-refractivity contribution in [2.75, 3.05) is 26.2 Å². The van der Waals surface area contributed by atoms with Gasteiger partial charge in [-0.25, -0.2) is 0 Å². The first kappa shape index (κ1) is 16.0. The summed E-state index contributed by atoms with van der Waals surface area (Å²) in [4.78, 5) is 28.4. The van der Waals surface area contributed by atoms with Gasteiger partial charge in [-0.1, -0.05) is 30.3 Å². The van der Waals surface area contributed by atoms with Gasteiger partial charge in [0, 0.05) is 33.1 Å². The van der Waals surface area contributed by atoms with Gasteiger partial charge < -0.3 is 9.80 Å². The maximum absolute atomic E-state index is 12.9. The second kappa shape index (κ2) is 6.73. The molecule has 2 aliphatic heterocycles. The summed E-state index contributed by atoms with van der Waals surface area (Å²) in [6.07, 6.45) is 4.84. The van der Waals surface area contributed by atoms with Gasteiger partial charge >= 0.3 is 0 Å². The lowest BCUT2D eigenvalue weighted by atomic mass is 9.78. The molecule has 2 amide bonds. The fourth-order valence-electron chi connectivity index (χ4n) is 4.00. The van der Waals surface area contributed by atoms with Crippen LogP contribution in [0.5, 0.6) is 0 Å². The molecular formula is C19H26N2O2. The van der Waals surface area contributed by atoms with Crippen LogP contribution in [0.25, 0.3) is 0 Å². The Hall–Kier alpha value is -1.84. The van der Waals surface area contributed by atoms with E-state index >= 15 is 0 Å². The third kappa shape index (κ3) is 3.41. The van der Waals surface area contributed by atoms with E-state index in [0.29, 0.717) is 6.54 Å². The molecule has 2 heterocycles. The smallest absolute Gasteiger partial charge is 0.230 e. The standard InChI is InChI=1S/C19H26N2O2/c1-16(22)21-14-11-19(15-21)10-6-13-20(18(19)23)12-5-9-17-7-3-2-4-8-17/h2-4,7-8H,5-6,9-15H2,1H3. The number of amides is 2. The summed E-state index contributed by atoms with van der Waals surface area (Å²) in [5, 5.41) is 0. The summed E-state index contributed by atoms with van der Waals surface area (Å²) in [7, 11) is 0. The van der Waals surface area contributed by atoms with E-state index in [-0.39, 0.29) is 17.2 Å². The van der Waals surface area contributed by atoms with E-state index in [1.165, 1.54) is 5.56 Å². The van der Waals surface area contributed by atoms with Crippen molar-refractivity contribution in [3.05, 3.63) is 35.9 Å². The Kier molecular flexibility index (Phi) is 4.69. The van der Waals surface area contributed by atoms with Crippen molar-refractivity contribution in [2.24, 2.45) is 5.41 Å². The largest absolute Gasteiger partial charge is 0.342 e. The third-order valence-electron chi connectivity index (χ3n) is 5.36. The highest BCUT2D eigenvalue weighted by molar-refractivity contribution is 5.85. The summed E-state index contributed by atoms with van der Waals surface area (Å²) in [5.41, 5.74) is 1.03. The molecule has 3 rings (SSSR count). The molecule has 0 bridgehead atoms. The van der Waals surface area contributed by atoms with E-state index in [1.807, 2.05) is 15.9 Å². The van der Waals surface area contributed by atoms with Crippen LogP contribution in [0.3, 0.4) is 0 Å². The first-order valence-electron chi connectivity index (χ1n) is 8.70. The SMILES string of the molecule is CC(=O)N1CCC2(CCCN(CCCc3ccccc3)C2=O)C1. The van der Waals surface area contributed by atoms with E-state index < -0.39 is 0 Å². The zero-order valence-corrected chi connectivity index (χ0v) is 14.0. The zero-order chi connectivity index (χ0) is 16.3. The minimum Gasteiger partial charge on any atom is -0.342 e. The second-order valence-electron chi connectivity index (χ2n) is 6.96. The number of rotatable bonds is 4. The Balaban J connectivity index is 1.56. The summed E-state index contributed by atoms with van der Waals surface area (Å²) in [6, 6.07) is 10.4. The normalized spacial score (nSPS) is 24.5. The maximum Gasteiger partial charge on any atom is 0.230 e. The van der Waals surface area contributed by atoms with Crippen LogP contribution in [-0.4, -0.2) is 47.8 Å². The average Bonchev–Trinajstić information content (AvgIpc) is 2.98. The lowest BCUT2D eigenvalue weighted by Crippen LogP contribution is -2.50. The minimum absolute atomic E-state index is 0.0934. The van der Waals surface area contributed by atoms with Gasteiger partial charge in [-0.2, -0.15) is 0 Å². The second-order valence-corrected chi connectivity index (χ2v) is 6.96. The Bertz CT molecular complexity index is 572. The van der Waals surface area contributed by atoms with Crippen LogP contribution in [0.15, 0.2) is 30.3 Å². The fraction of sp³-hybridized carbons (Fsp3) is 0.579. The third-order valence-corrected chi connectivity index (χ3v) is 5.36. The predicted molar refractivity (Wildman–Crippen MR) is 89.9 cm³/mol. The topological polar surface area (TPSA) is 40.6 Å². The van der Waals surface area contributed by atoms with E-state index in [9.17, 15) is 9.59 Å².